The van der Waals surface area contributed by atoms with E-state index in [0.29, 0.717) is 0 Å². The largest absolute Gasteiger partial charge is 0.309 e. The molecule has 0 bridgehead atoms. The molecule has 326 valence electrons. The molecular weight excluding hydrogens is 787 g/mol. The molecular formula is C62H63N3. The van der Waals surface area contributed by atoms with E-state index >= 15 is 0 Å². The van der Waals surface area contributed by atoms with Crippen molar-refractivity contribution < 1.29 is 0 Å². The van der Waals surface area contributed by atoms with Crippen molar-refractivity contribution in [2.45, 2.75) is 131 Å². The smallest absolute Gasteiger partial charge is 0.0620 e. The van der Waals surface area contributed by atoms with Crippen LogP contribution < -0.4 is 0 Å². The van der Waals surface area contributed by atoms with Crippen LogP contribution in [0.4, 0.5) is 0 Å². The molecule has 0 N–H and O–H groups in total. The fourth-order valence-corrected chi connectivity index (χ4v) is 11.3. The van der Waals surface area contributed by atoms with E-state index in [1.165, 1.54) is 132 Å². The van der Waals surface area contributed by atoms with Crippen molar-refractivity contribution in [1.82, 2.24) is 13.4 Å². The van der Waals surface area contributed by atoms with E-state index in [1.54, 1.807) is 0 Å². The van der Waals surface area contributed by atoms with E-state index in [0.717, 1.165) is 0 Å². The minimum absolute atomic E-state index is 0.000452. The summed E-state index contributed by atoms with van der Waals surface area (Å²) in [5.41, 5.74) is 18.4. The molecule has 0 saturated heterocycles. The third kappa shape index (κ3) is 5.60. The van der Waals surface area contributed by atoms with Gasteiger partial charge < -0.3 is 13.4 Å². The van der Waals surface area contributed by atoms with Gasteiger partial charge in [-0.2, -0.15) is 0 Å². The van der Waals surface area contributed by atoms with Gasteiger partial charge in [-0.05, 0) is 146 Å². The first-order chi connectivity index (χ1) is 30.4. The van der Waals surface area contributed by atoms with E-state index in [4.69, 9.17) is 0 Å². The highest BCUT2D eigenvalue weighted by Gasteiger charge is 2.28. The van der Waals surface area contributed by atoms with Crippen molar-refractivity contribution in [3.05, 3.63) is 137 Å². The first-order valence-corrected chi connectivity index (χ1v) is 23.9. The molecule has 12 rings (SSSR count). The van der Waals surface area contributed by atoms with Gasteiger partial charge in [0, 0.05) is 59.5 Å². The van der Waals surface area contributed by atoms with Crippen LogP contribution in [0.25, 0.3) is 104 Å². The van der Waals surface area contributed by atoms with E-state index in [1.807, 2.05) is 0 Å². The molecule has 0 fully saturated rings. The molecule has 7 aromatic carbocycles. The van der Waals surface area contributed by atoms with E-state index in [-0.39, 0.29) is 27.1 Å². The minimum atomic E-state index is -0.0360. The Bertz CT molecular complexity index is 3920. The Hall–Kier alpha value is -6.06. The molecule has 3 heteroatoms. The minimum Gasteiger partial charge on any atom is -0.309 e. The van der Waals surface area contributed by atoms with Gasteiger partial charge in [-0.3, -0.25) is 0 Å². The second-order valence-corrected chi connectivity index (χ2v) is 24.9. The summed E-state index contributed by atoms with van der Waals surface area (Å²) in [6.07, 6.45) is 0. The average molecular weight is 850 g/mol. The van der Waals surface area contributed by atoms with Crippen LogP contribution in [0, 0.1) is 0 Å². The monoisotopic (exact) mass is 850 g/mol. The van der Waals surface area contributed by atoms with Crippen molar-refractivity contribution >= 4 is 98.0 Å². The zero-order chi connectivity index (χ0) is 45.8. The van der Waals surface area contributed by atoms with Crippen LogP contribution >= 0.6 is 0 Å². The van der Waals surface area contributed by atoms with Crippen LogP contribution in [0.1, 0.15) is 132 Å². The number of nitrogens with zero attached hydrogens (tertiary/aromatic N) is 3. The number of hydrogen-bond acceptors (Lipinski definition) is 0. The van der Waals surface area contributed by atoms with Crippen molar-refractivity contribution in [3.63, 3.8) is 0 Å². The Morgan fingerprint density at radius 3 is 0.877 bits per heavy atom. The summed E-state index contributed by atoms with van der Waals surface area (Å²) < 4.78 is 7.69. The predicted octanol–water partition coefficient (Wildman–Crippen LogP) is 17.6. The predicted molar refractivity (Wildman–Crippen MR) is 284 cm³/mol. The Morgan fingerprint density at radius 1 is 0.246 bits per heavy atom. The van der Waals surface area contributed by atoms with Gasteiger partial charge in [0.1, 0.15) is 0 Å². The molecule has 0 saturated carbocycles. The lowest BCUT2D eigenvalue weighted by atomic mass is 9.84. The highest BCUT2D eigenvalue weighted by Crippen LogP contribution is 2.48. The second-order valence-electron chi connectivity index (χ2n) is 24.9. The maximum atomic E-state index is 2.59. The van der Waals surface area contributed by atoms with Crippen LogP contribution in [-0.4, -0.2) is 13.4 Å². The lowest BCUT2D eigenvalue weighted by Gasteiger charge is -2.20. The fraction of sp³-hybridized carbons (Fsp3) is 0.323. The molecule has 0 spiro atoms. The van der Waals surface area contributed by atoms with Crippen LogP contribution in [-0.2, 0) is 27.1 Å². The highest BCUT2D eigenvalue weighted by molar-refractivity contribution is 6.29. The molecule has 12 aromatic rings. The normalized spacial score (nSPS) is 14.1. The third-order valence-electron chi connectivity index (χ3n) is 15.2. The Kier molecular flexibility index (Phi) is 7.73. The van der Waals surface area contributed by atoms with Crippen LogP contribution in [0.15, 0.2) is 109 Å². The topological polar surface area (TPSA) is 13.8 Å². The SMILES string of the molecule is CC(C)(C)c1ccc2c(c1)c1cc(C(C)(C)C)ccc1n2-c1ccc2c(c1)c1cc(C(C)(C)C)cc3c4cc5c(cc4n2c13)c1cc(C(C)(C)C)cc2c3cc(C(C)(C)C)ccc3n5c21. The van der Waals surface area contributed by atoms with Gasteiger partial charge in [0.25, 0.3) is 0 Å². The molecule has 3 nitrogen and oxygen atoms in total. The molecule has 0 aliphatic rings. The molecule has 5 aromatic heterocycles. The van der Waals surface area contributed by atoms with Gasteiger partial charge in [-0.1, -0.05) is 122 Å². The number of aromatic nitrogens is 3. The van der Waals surface area contributed by atoms with Gasteiger partial charge in [0.05, 0.1) is 44.1 Å². The summed E-state index contributed by atoms with van der Waals surface area (Å²) in [5.74, 6) is 0. The summed E-state index contributed by atoms with van der Waals surface area (Å²) in [7, 11) is 0. The van der Waals surface area contributed by atoms with E-state index < -0.39 is 0 Å². The highest BCUT2D eigenvalue weighted by atomic mass is 15.0. The molecule has 0 unspecified atom stereocenters. The maximum absolute atomic E-state index is 2.59. The zero-order valence-electron chi connectivity index (χ0n) is 41.2. The van der Waals surface area contributed by atoms with Crippen LogP contribution in [0.2, 0.25) is 0 Å². The molecule has 0 aliphatic heterocycles. The van der Waals surface area contributed by atoms with Crippen molar-refractivity contribution in [3.8, 4) is 5.69 Å². The van der Waals surface area contributed by atoms with Gasteiger partial charge in [0.2, 0.25) is 0 Å². The molecule has 65 heavy (non-hydrogen) atoms. The van der Waals surface area contributed by atoms with E-state index in [2.05, 4.69) is 226 Å². The second kappa shape index (κ2) is 12.4. The average Bonchev–Trinajstić information content (AvgIpc) is 4.00. The zero-order valence-corrected chi connectivity index (χ0v) is 41.2. The summed E-state index contributed by atoms with van der Waals surface area (Å²) in [6, 6.07) is 43.8. The first kappa shape index (κ1) is 40.4. The summed E-state index contributed by atoms with van der Waals surface area (Å²) >= 11 is 0. The van der Waals surface area contributed by atoms with Crippen molar-refractivity contribution in [2.24, 2.45) is 0 Å². The molecule has 0 aliphatic carbocycles. The molecule has 0 radical (unpaired) electrons. The maximum Gasteiger partial charge on any atom is 0.0620 e. The fourth-order valence-electron chi connectivity index (χ4n) is 11.3. The Labute approximate surface area is 383 Å². The molecule has 0 atom stereocenters. The van der Waals surface area contributed by atoms with Gasteiger partial charge in [0.15, 0.2) is 0 Å². The Morgan fingerprint density at radius 2 is 0.523 bits per heavy atom. The lowest BCUT2D eigenvalue weighted by molar-refractivity contribution is 0.590. The van der Waals surface area contributed by atoms with Crippen molar-refractivity contribution in [1.29, 1.82) is 0 Å². The summed E-state index contributed by atoms with van der Waals surface area (Å²) in [5, 5.41) is 13.3. The first-order valence-electron chi connectivity index (χ1n) is 23.9. The Balaban J connectivity index is 1.19. The quantitative estimate of drug-likeness (QED) is 0.156. The standard InChI is InChI=1S/C62H63N3/c1-58(2,3)34-16-20-50-40(24-34)41-25-35(59(4,5)6)17-21-51(41)63(50)39-19-23-53-43(31-39)47-28-38(62(13,14)15)30-49-45-32-54-44(33-55(45)65(53)57(47)49)48-29-37(61(10,11)12)27-46-42-26-36(60(7,8)9)18-22-52(42)64(54)56(46)48/h16-33H,1-15H3. The summed E-state index contributed by atoms with van der Waals surface area (Å²) in [4.78, 5) is 0. The van der Waals surface area contributed by atoms with Gasteiger partial charge >= 0.3 is 0 Å². The molecule has 5 heterocycles. The van der Waals surface area contributed by atoms with Gasteiger partial charge in [-0.25, -0.2) is 0 Å². The lowest BCUT2D eigenvalue weighted by Crippen LogP contribution is -2.11. The van der Waals surface area contributed by atoms with Crippen LogP contribution in [0.5, 0.6) is 0 Å². The van der Waals surface area contributed by atoms with Gasteiger partial charge in [-0.15, -0.1) is 0 Å². The number of hydrogen-bond donors (Lipinski definition) is 0. The number of rotatable bonds is 1. The summed E-state index contributed by atoms with van der Waals surface area (Å²) in [6.45, 7) is 35.0. The van der Waals surface area contributed by atoms with E-state index in [9.17, 15) is 0 Å². The van der Waals surface area contributed by atoms with Crippen LogP contribution in [0.3, 0.4) is 0 Å². The number of fused-ring (bicyclic) bond motifs is 15. The molecule has 0 amide bonds. The number of benzene rings is 7. The third-order valence-corrected chi connectivity index (χ3v) is 15.2. The van der Waals surface area contributed by atoms with Crippen molar-refractivity contribution in [2.75, 3.05) is 0 Å².